The molecule has 0 amide bonds. The molecule has 1 aromatic rings. The van der Waals surface area contributed by atoms with E-state index < -0.39 is 0 Å². The van der Waals surface area contributed by atoms with Gasteiger partial charge in [0.05, 0.1) is 12.2 Å². The first-order valence-electron chi connectivity index (χ1n) is 5.62. The standard InChI is InChI=1S/C12H18BNO/c1-9-7-14(8-10(2)15-9)12-5-3-11(13)4-6-12/h3-6,9-10H,7-8,13H2,1-2H3/t9-,10+. The highest BCUT2D eigenvalue weighted by Crippen LogP contribution is 2.18. The Balaban J connectivity index is 2.12. The van der Waals surface area contributed by atoms with E-state index in [1.807, 2.05) is 0 Å². The molecule has 1 heterocycles. The Morgan fingerprint density at radius 2 is 1.67 bits per heavy atom. The summed E-state index contributed by atoms with van der Waals surface area (Å²) in [5.74, 6) is 0. The van der Waals surface area contributed by atoms with Gasteiger partial charge in [-0.25, -0.2) is 0 Å². The summed E-state index contributed by atoms with van der Waals surface area (Å²) in [7, 11) is 2.12. The van der Waals surface area contributed by atoms with Crippen molar-refractivity contribution in [3.63, 3.8) is 0 Å². The van der Waals surface area contributed by atoms with Gasteiger partial charge in [-0.1, -0.05) is 17.6 Å². The molecule has 1 fully saturated rings. The van der Waals surface area contributed by atoms with E-state index in [0.29, 0.717) is 12.2 Å². The second-order valence-corrected chi connectivity index (χ2v) is 4.50. The maximum absolute atomic E-state index is 5.72. The number of morpholine rings is 1. The van der Waals surface area contributed by atoms with Crippen molar-refractivity contribution in [1.82, 2.24) is 0 Å². The zero-order valence-electron chi connectivity index (χ0n) is 9.73. The average molecular weight is 203 g/mol. The summed E-state index contributed by atoms with van der Waals surface area (Å²) in [6.07, 6.45) is 0.658. The highest BCUT2D eigenvalue weighted by atomic mass is 16.5. The maximum Gasteiger partial charge on any atom is 0.139 e. The van der Waals surface area contributed by atoms with E-state index in [0.717, 1.165) is 13.1 Å². The molecule has 1 aliphatic rings. The molecule has 1 aliphatic heterocycles. The fourth-order valence-electron chi connectivity index (χ4n) is 2.14. The number of rotatable bonds is 1. The lowest BCUT2D eigenvalue weighted by Gasteiger charge is -2.36. The van der Waals surface area contributed by atoms with Crippen LogP contribution in [0.25, 0.3) is 0 Å². The van der Waals surface area contributed by atoms with Crippen LogP contribution >= 0.6 is 0 Å². The van der Waals surface area contributed by atoms with E-state index in [1.165, 1.54) is 11.2 Å². The Bertz CT molecular complexity index is 315. The van der Waals surface area contributed by atoms with Crippen molar-refractivity contribution < 1.29 is 4.74 Å². The Labute approximate surface area is 92.6 Å². The van der Waals surface area contributed by atoms with Crippen molar-refractivity contribution in [3.8, 4) is 0 Å². The van der Waals surface area contributed by atoms with Crippen LogP contribution in [0.1, 0.15) is 13.8 Å². The second kappa shape index (κ2) is 4.27. The molecule has 0 unspecified atom stereocenters. The minimum absolute atomic E-state index is 0.329. The molecular weight excluding hydrogens is 185 g/mol. The lowest BCUT2D eigenvalue weighted by molar-refractivity contribution is -0.00521. The van der Waals surface area contributed by atoms with Gasteiger partial charge in [0.25, 0.3) is 0 Å². The van der Waals surface area contributed by atoms with Crippen LogP contribution in [-0.2, 0) is 4.74 Å². The topological polar surface area (TPSA) is 12.5 Å². The summed E-state index contributed by atoms with van der Waals surface area (Å²) in [5, 5.41) is 0. The molecule has 0 aromatic heterocycles. The highest BCUT2D eigenvalue weighted by Gasteiger charge is 2.21. The molecule has 2 nitrogen and oxygen atoms in total. The Hall–Kier alpha value is -0.955. The lowest BCUT2D eigenvalue weighted by atomic mass is 9.96. The number of ether oxygens (including phenoxy) is 1. The number of nitrogens with zero attached hydrogens (tertiary/aromatic N) is 1. The van der Waals surface area contributed by atoms with Crippen LogP contribution in [0.3, 0.4) is 0 Å². The van der Waals surface area contributed by atoms with Gasteiger partial charge in [-0.05, 0) is 26.0 Å². The summed E-state index contributed by atoms with van der Waals surface area (Å²) in [4.78, 5) is 2.40. The summed E-state index contributed by atoms with van der Waals surface area (Å²) in [5.41, 5.74) is 2.62. The van der Waals surface area contributed by atoms with E-state index in [-0.39, 0.29) is 0 Å². The monoisotopic (exact) mass is 203 g/mol. The summed E-state index contributed by atoms with van der Waals surface area (Å²) in [6.45, 7) is 6.26. The Morgan fingerprint density at radius 3 is 2.20 bits per heavy atom. The van der Waals surface area contributed by atoms with E-state index in [2.05, 4.69) is 50.9 Å². The average Bonchev–Trinajstić information content (AvgIpc) is 2.17. The zero-order chi connectivity index (χ0) is 10.8. The van der Waals surface area contributed by atoms with E-state index >= 15 is 0 Å². The first-order chi connectivity index (χ1) is 7.15. The van der Waals surface area contributed by atoms with Crippen molar-refractivity contribution in [2.45, 2.75) is 26.1 Å². The molecular formula is C12H18BNO. The first kappa shape index (κ1) is 10.6. The van der Waals surface area contributed by atoms with Gasteiger partial charge in [0, 0.05) is 18.8 Å². The van der Waals surface area contributed by atoms with Crippen LogP contribution in [0.4, 0.5) is 5.69 Å². The Kier molecular flexibility index (Phi) is 3.01. The van der Waals surface area contributed by atoms with Crippen LogP contribution < -0.4 is 10.4 Å². The van der Waals surface area contributed by atoms with Gasteiger partial charge >= 0.3 is 0 Å². The molecule has 80 valence electrons. The van der Waals surface area contributed by atoms with Gasteiger partial charge in [0.1, 0.15) is 7.85 Å². The quantitative estimate of drug-likeness (QED) is 0.618. The normalized spacial score (nSPS) is 26.7. The van der Waals surface area contributed by atoms with E-state index in [1.54, 1.807) is 0 Å². The van der Waals surface area contributed by atoms with Crippen molar-refractivity contribution in [2.24, 2.45) is 0 Å². The highest BCUT2D eigenvalue weighted by molar-refractivity contribution is 6.32. The Morgan fingerprint density at radius 1 is 1.13 bits per heavy atom. The van der Waals surface area contributed by atoms with E-state index in [4.69, 9.17) is 4.74 Å². The molecule has 2 atom stereocenters. The van der Waals surface area contributed by atoms with Crippen LogP contribution in [0.15, 0.2) is 24.3 Å². The lowest BCUT2D eigenvalue weighted by Crippen LogP contribution is -2.45. The molecule has 0 saturated carbocycles. The fraction of sp³-hybridized carbons (Fsp3) is 0.500. The number of hydrogen-bond acceptors (Lipinski definition) is 2. The summed E-state index contributed by atoms with van der Waals surface area (Å²) < 4.78 is 5.72. The summed E-state index contributed by atoms with van der Waals surface area (Å²) >= 11 is 0. The SMILES string of the molecule is Bc1ccc(N2C[C@@H](C)O[C@@H](C)C2)cc1. The predicted molar refractivity (Wildman–Crippen MR) is 66.8 cm³/mol. The molecule has 1 saturated heterocycles. The van der Waals surface area contributed by atoms with Gasteiger partial charge in [0.2, 0.25) is 0 Å². The third-order valence-electron chi connectivity index (χ3n) is 2.82. The molecule has 0 spiro atoms. The predicted octanol–water partition coefficient (Wildman–Crippen LogP) is 0.559. The number of anilines is 1. The van der Waals surface area contributed by atoms with Crippen molar-refractivity contribution in [2.75, 3.05) is 18.0 Å². The van der Waals surface area contributed by atoms with Crippen molar-refractivity contribution >= 4 is 19.0 Å². The fourth-order valence-corrected chi connectivity index (χ4v) is 2.14. The maximum atomic E-state index is 5.72. The molecule has 15 heavy (non-hydrogen) atoms. The van der Waals surface area contributed by atoms with Gasteiger partial charge in [0.15, 0.2) is 0 Å². The van der Waals surface area contributed by atoms with Crippen LogP contribution in [0.5, 0.6) is 0 Å². The van der Waals surface area contributed by atoms with Gasteiger partial charge in [-0.15, -0.1) is 0 Å². The molecule has 0 bridgehead atoms. The molecule has 1 aromatic carbocycles. The molecule has 3 heteroatoms. The second-order valence-electron chi connectivity index (χ2n) is 4.50. The minimum Gasteiger partial charge on any atom is -0.372 e. The summed E-state index contributed by atoms with van der Waals surface area (Å²) in [6, 6.07) is 8.72. The minimum atomic E-state index is 0.329. The van der Waals surface area contributed by atoms with Crippen LogP contribution in [-0.4, -0.2) is 33.1 Å². The first-order valence-corrected chi connectivity index (χ1v) is 5.62. The number of hydrogen-bond donors (Lipinski definition) is 0. The molecule has 0 radical (unpaired) electrons. The van der Waals surface area contributed by atoms with Gasteiger partial charge in [-0.3, -0.25) is 0 Å². The largest absolute Gasteiger partial charge is 0.372 e. The number of benzene rings is 1. The molecule has 2 rings (SSSR count). The zero-order valence-corrected chi connectivity index (χ0v) is 9.73. The van der Waals surface area contributed by atoms with Gasteiger partial charge < -0.3 is 9.64 Å². The van der Waals surface area contributed by atoms with Gasteiger partial charge in [-0.2, -0.15) is 0 Å². The van der Waals surface area contributed by atoms with E-state index in [9.17, 15) is 0 Å². The third kappa shape index (κ3) is 2.54. The van der Waals surface area contributed by atoms with Crippen molar-refractivity contribution in [3.05, 3.63) is 24.3 Å². The van der Waals surface area contributed by atoms with Crippen LogP contribution in [0.2, 0.25) is 0 Å². The third-order valence-corrected chi connectivity index (χ3v) is 2.82. The molecule has 0 aliphatic carbocycles. The van der Waals surface area contributed by atoms with Crippen molar-refractivity contribution in [1.29, 1.82) is 0 Å². The smallest absolute Gasteiger partial charge is 0.139 e. The molecule has 0 N–H and O–H groups in total. The van der Waals surface area contributed by atoms with Crippen LogP contribution in [0, 0.1) is 0 Å².